The van der Waals surface area contributed by atoms with Gasteiger partial charge in [-0.25, -0.2) is 4.39 Å². The molecule has 0 radical (unpaired) electrons. The molecule has 0 aliphatic carbocycles. The molecule has 0 spiro atoms. The average Bonchev–Trinajstić information content (AvgIpc) is 2.85. The first-order chi connectivity index (χ1) is 11.5. The van der Waals surface area contributed by atoms with Gasteiger partial charge in [0.15, 0.2) is 0 Å². The standard InChI is InChI=1S/C18H23FN4O.ClH/c1-4-9-23-12(3)16(11(2)22-23)18(24)21-15-6-5-13-10-20-8-7-14(13)17(15)19;/h5-6,20H,4,7-10H2,1-3H3,(H,21,24);1H. The smallest absolute Gasteiger partial charge is 0.259 e. The van der Waals surface area contributed by atoms with Crippen LogP contribution in [0.15, 0.2) is 12.1 Å². The fourth-order valence-corrected chi connectivity index (χ4v) is 3.27. The van der Waals surface area contributed by atoms with Gasteiger partial charge in [-0.2, -0.15) is 5.10 Å². The third-order valence-corrected chi connectivity index (χ3v) is 4.50. The minimum Gasteiger partial charge on any atom is -0.319 e. The van der Waals surface area contributed by atoms with Crippen molar-refractivity contribution in [1.82, 2.24) is 15.1 Å². The van der Waals surface area contributed by atoms with E-state index in [1.165, 1.54) is 0 Å². The number of anilines is 1. The number of rotatable bonds is 4. The van der Waals surface area contributed by atoms with Crippen LogP contribution >= 0.6 is 12.4 Å². The van der Waals surface area contributed by atoms with E-state index in [0.29, 0.717) is 29.8 Å². The number of nitrogens with zero attached hydrogens (tertiary/aromatic N) is 2. The van der Waals surface area contributed by atoms with Gasteiger partial charge in [0.2, 0.25) is 0 Å². The second-order valence-electron chi connectivity index (χ2n) is 6.21. The van der Waals surface area contributed by atoms with E-state index in [0.717, 1.165) is 30.8 Å². The van der Waals surface area contributed by atoms with E-state index in [4.69, 9.17) is 0 Å². The highest BCUT2D eigenvalue weighted by atomic mass is 35.5. The van der Waals surface area contributed by atoms with Gasteiger partial charge in [-0.3, -0.25) is 9.48 Å². The second kappa shape index (κ2) is 7.97. The van der Waals surface area contributed by atoms with E-state index in [2.05, 4.69) is 22.7 Å². The summed E-state index contributed by atoms with van der Waals surface area (Å²) in [7, 11) is 0. The molecule has 0 atom stereocenters. The first-order valence-electron chi connectivity index (χ1n) is 8.39. The summed E-state index contributed by atoms with van der Waals surface area (Å²) in [6.45, 7) is 7.93. The highest BCUT2D eigenvalue weighted by molar-refractivity contribution is 6.06. The molecule has 2 N–H and O–H groups in total. The molecule has 3 rings (SSSR count). The summed E-state index contributed by atoms with van der Waals surface area (Å²) < 4.78 is 16.5. The molecular formula is C18H24ClFN4O. The van der Waals surface area contributed by atoms with Crippen LogP contribution in [0.5, 0.6) is 0 Å². The Morgan fingerprint density at radius 1 is 1.40 bits per heavy atom. The number of benzene rings is 1. The van der Waals surface area contributed by atoms with Crippen LogP contribution in [0.2, 0.25) is 0 Å². The van der Waals surface area contributed by atoms with Crippen molar-refractivity contribution < 1.29 is 9.18 Å². The zero-order valence-corrected chi connectivity index (χ0v) is 15.6. The summed E-state index contributed by atoms with van der Waals surface area (Å²) in [5, 5.41) is 10.4. The van der Waals surface area contributed by atoms with Gasteiger partial charge in [0.05, 0.1) is 16.9 Å². The second-order valence-corrected chi connectivity index (χ2v) is 6.21. The fourth-order valence-electron chi connectivity index (χ4n) is 3.27. The molecule has 0 fully saturated rings. The summed E-state index contributed by atoms with van der Waals surface area (Å²) in [6, 6.07) is 3.51. The van der Waals surface area contributed by atoms with Gasteiger partial charge < -0.3 is 10.6 Å². The lowest BCUT2D eigenvalue weighted by Crippen LogP contribution is -2.25. The maximum absolute atomic E-state index is 14.7. The van der Waals surface area contributed by atoms with Crippen LogP contribution in [0, 0.1) is 19.7 Å². The number of amides is 1. The normalized spacial score (nSPS) is 13.1. The lowest BCUT2D eigenvalue weighted by atomic mass is 9.99. The SMILES string of the molecule is CCCn1nc(C)c(C(=O)Nc2ccc3c(c2F)CCNC3)c1C.Cl. The van der Waals surface area contributed by atoms with E-state index in [-0.39, 0.29) is 29.8 Å². The van der Waals surface area contributed by atoms with Crippen molar-refractivity contribution in [3.8, 4) is 0 Å². The number of aromatic nitrogens is 2. The monoisotopic (exact) mass is 366 g/mol. The molecule has 1 aromatic heterocycles. The Labute approximate surface area is 153 Å². The predicted octanol–water partition coefficient (Wildman–Crippen LogP) is 3.37. The molecule has 0 bridgehead atoms. The lowest BCUT2D eigenvalue weighted by molar-refractivity contribution is 0.102. The van der Waals surface area contributed by atoms with Gasteiger partial charge >= 0.3 is 0 Å². The molecule has 136 valence electrons. The summed E-state index contributed by atoms with van der Waals surface area (Å²) in [6.07, 6.45) is 1.58. The largest absolute Gasteiger partial charge is 0.319 e. The summed E-state index contributed by atoms with van der Waals surface area (Å²) in [5.74, 6) is -0.626. The van der Waals surface area contributed by atoms with Gasteiger partial charge in [-0.05, 0) is 50.4 Å². The number of carbonyl (C=O) groups is 1. The van der Waals surface area contributed by atoms with Crippen molar-refractivity contribution in [3.63, 3.8) is 0 Å². The quantitative estimate of drug-likeness (QED) is 0.872. The van der Waals surface area contributed by atoms with E-state index in [1.54, 1.807) is 6.07 Å². The molecule has 5 nitrogen and oxygen atoms in total. The molecule has 25 heavy (non-hydrogen) atoms. The van der Waals surface area contributed by atoms with Crippen LogP contribution in [-0.4, -0.2) is 22.2 Å². The maximum Gasteiger partial charge on any atom is 0.259 e. The first kappa shape index (κ1) is 19.4. The molecule has 2 aromatic rings. The predicted molar refractivity (Wildman–Crippen MR) is 99.0 cm³/mol. The topological polar surface area (TPSA) is 59.0 Å². The summed E-state index contributed by atoms with van der Waals surface area (Å²) >= 11 is 0. The number of nitrogens with one attached hydrogen (secondary N) is 2. The van der Waals surface area contributed by atoms with Gasteiger partial charge in [0.25, 0.3) is 5.91 Å². The van der Waals surface area contributed by atoms with Crippen molar-refractivity contribution in [1.29, 1.82) is 0 Å². The molecular weight excluding hydrogens is 343 g/mol. The molecule has 1 aliphatic rings. The van der Waals surface area contributed by atoms with Crippen molar-refractivity contribution >= 4 is 24.0 Å². The Bertz CT molecular complexity index is 788. The Balaban J connectivity index is 0.00000225. The summed E-state index contributed by atoms with van der Waals surface area (Å²) in [4.78, 5) is 12.7. The highest BCUT2D eigenvalue weighted by Crippen LogP contribution is 2.25. The van der Waals surface area contributed by atoms with Crippen LogP contribution in [0.3, 0.4) is 0 Å². The summed E-state index contributed by atoms with van der Waals surface area (Å²) in [5.41, 5.74) is 3.90. The number of hydrogen-bond donors (Lipinski definition) is 2. The van der Waals surface area contributed by atoms with Crippen LogP contribution < -0.4 is 10.6 Å². The number of aryl methyl sites for hydroxylation is 2. The zero-order chi connectivity index (χ0) is 17.3. The van der Waals surface area contributed by atoms with E-state index in [9.17, 15) is 9.18 Å². The Morgan fingerprint density at radius 2 is 2.16 bits per heavy atom. The number of hydrogen-bond acceptors (Lipinski definition) is 3. The van der Waals surface area contributed by atoms with Crippen molar-refractivity contribution in [2.24, 2.45) is 0 Å². The highest BCUT2D eigenvalue weighted by Gasteiger charge is 2.21. The molecule has 1 amide bonds. The molecule has 0 saturated heterocycles. The van der Waals surface area contributed by atoms with Crippen LogP contribution in [0.1, 0.15) is 46.2 Å². The van der Waals surface area contributed by atoms with Crippen molar-refractivity contribution in [3.05, 3.63) is 46.0 Å². The average molecular weight is 367 g/mol. The molecule has 7 heteroatoms. The first-order valence-corrected chi connectivity index (χ1v) is 8.39. The van der Waals surface area contributed by atoms with Crippen molar-refractivity contribution in [2.45, 2.75) is 46.7 Å². The third-order valence-electron chi connectivity index (χ3n) is 4.50. The lowest BCUT2D eigenvalue weighted by Gasteiger charge is -2.19. The van der Waals surface area contributed by atoms with Crippen molar-refractivity contribution in [2.75, 3.05) is 11.9 Å². The van der Waals surface area contributed by atoms with Crippen LogP contribution in [0.25, 0.3) is 0 Å². The van der Waals surface area contributed by atoms with E-state index < -0.39 is 0 Å². The van der Waals surface area contributed by atoms with Gasteiger partial charge in [0.1, 0.15) is 5.82 Å². The number of carbonyl (C=O) groups excluding carboxylic acids is 1. The third kappa shape index (κ3) is 3.70. The number of halogens is 2. The Morgan fingerprint density at radius 3 is 2.88 bits per heavy atom. The fraction of sp³-hybridized carbons (Fsp3) is 0.444. The van der Waals surface area contributed by atoms with E-state index >= 15 is 0 Å². The van der Waals surface area contributed by atoms with Gasteiger partial charge in [0, 0.05) is 18.8 Å². The minimum absolute atomic E-state index is 0. The maximum atomic E-state index is 14.7. The molecule has 0 saturated carbocycles. The number of fused-ring (bicyclic) bond motifs is 1. The zero-order valence-electron chi connectivity index (χ0n) is 14.8. The Kier molecular flexibility index (Phi) is 6.19. The minimum atomic E-state index is -0.321. The molecule has 1 aromatic carbocycles. The van der Waals surface area contributed by atoms with E-state index in [1.807, 2.05) is 24.6 Å². The molecule has 1 aliphatic heterocycles. The van der Waals surface area contributed by atoms with Crippen LogP contribution in [-0.2, 0) is 19.5 Å². The van der Waals surface area contributed by atoms with Crippen LogP contribution in [0.4, 0.5) is 10.1 Å². The Hall–Kier alpha value is -1.92. The van der Waals surface area contributed by atoms with Gasteiger partial charge in [-0.1, -0.05) is 13.0 Å². The van der Waals surface area contributed by atoms with Gasteiger partial charge in [-0.15, -0.1) is 12.4 Å². The molecule has 2 heterocycles. The molecule has 0 unspecified atom stereocenters.